The summed E-state index contributed by atoms with van der Waals surface area (Å²) in [7, 11) is 0. The molecule has 166 valence electrons. The van der Waals surface area contributed by atoms with Crippen LogP contribution in [0.4, 0.5) is 14.5 Å². The van der Waals surface area contributed by atoms with Gasteiger partial charge in [-0.25, -0.2) is 8.78 Å². The van der Waals surface area contributed by atoms with Crippen LogP contribution in [0.5, 0.6) is 0 Å². The first-order valence-electron chi connectivity index (χ1n) is 9.97. The van der Waals surface area contributed by atoms with Crippen LogP contribution in [-0.2, 0) is 14.4 Å². The minimum absolute atomic E-state index is 0.110. The largest absolute Gasteiger partial charge is 0.481 e. The van der Waals surface area contributed by atoms with Gasteiger partial charge in [0.25, 0.3) is 5.91 Å². The zero-order valence-corrected chi connectivity index (χ0v) is 16.7. The van der Waals surface area contributed by atoms with Crippen molar-refractivity contribution >= 4 is 29.4 Å². The molecule has 0 unspecified atom stereocenters. The van der Waals surface area contributed by atoms with Crippen LogP contribution in [0.25, 0.3) is 11.1 Å². The second kappa shape index (κ2) is 8.37. The molecule has 2 atom stereocenters. The number of anilines is 1. The van der Waals surface area contributed by atoms with E-state index in [2.05, 4.69) is 10.6 Å². The minimum atomic E-state index is -1.11. The fourth-order valence-corrected chi connectivity index (χ4v) is 4.08. The molecule has 3 N–H and O–H groups in total. The van der Waals surface area contributed by atoms with Crippen molar-refractivity contribution in [2.45, 2.75) is 31.3 Å². The van der Waals surface area contributed by atoms with Crippen LogP contribution in [0.1, 0.15) is 29.6 Å². The fraction of sp³-hybridized carbons (Fsp3) is 0.273. The number of rotatable bonds is 5. The predicted molar refractivity (Wildman–Crippen MR) is 109 cm³/mol. The lowest BCUT2D eigenvalue weighted by Gasteiger charge is -2.25. The van der Waals surface area contributed by atoms with Crippen molar-refractivity contribution in [3.05, 3.63) is 53.6 Å². The summed E-state index contributed by atoms with van der Waals surface area (Å²) >= 11 is 0. The lowest BCUT2D eigenvalue weighted by Crippen LogP contribution is -2.51. The maximum absolute atomic E-state index is 14.2. The quantitative estimate of drug-likeness (QED) is 0.655. The molecule has 10 heteroatoms. The van der Waals surface area contributed by atoms with E-state index in [1.807, 2.05) is 0 Å². The Morgan fingerprint density at radius 3 is 2.59 bits per heavy atom. The van der Waals surface area contributed by atoms with Crippen molar-refractivity contribution in [2.75, 3.05) is 11.9 Å². The smallest absolute Gasteiger partial charge is 0.303 e. The second-order valence-electron chi connectivity index (χ2n) is 7.67. The molecule has 2 aliphatic heterocycles. The molecule has 2 aliphatic rings. The van der Waals surface area contributed by atoms with Crippen LogP contribution in [0.15, 0.2) is 36.4 Å². The topological polar surface area (TPSA) is 116 Å². The first-order chi connectivity index (χ1) is 15.2. The molecule has 0 saturated carbocycles. The molecule has 0 radical (unpaired) electrons. The van der Waals surface area contributed by atoms with E-state index in [1.165, 1.54) is 29.2 Å². The van der Waals surface area contributed by atoms with Gasteiger partial charge in [-0.05, 0) is 36.2 Å². The van der Waals surface area contributed by atoms with Gasteiger partial charge in [-0.1, -0.05) is 6.07 Å². The van der Waals surface area contributed by atoms with Crippen LogP contribution < -0.4 is 10.6 Å². The Labute approximate surface area is 181 Å². The van der Waals surface area contributed by atoms with Crippen LogP contribution in [-0.4, -0.2) is 52.3 Å². The van der Waals surface area contributed by atoms with E-state index in [-0.39, 0.29) is 36.2 Å². The van der Waals surface area contributed by atoms with Gasteiger partial charge in [0, 0.05) is 24.6 Å². The van der Waals surface area contributed by atoms with E-state index in [1.54, 1.807) is 0 Å². The molecule has 32 heavy (non-hydrogen) atoms. The Morgan fingerprint density at radius 1 is 1.09 bits per heavy atom. The highest BCUT2D eigenvalue weighted by Gasteiger charge is 2.45. The first kappa shape index (κ1) is 21.4. The van der Waals surface area contributed by atoms with Gasteiger partial charge in [0.1, 0.15) is 17.7 Å². The van der Waals surface area contributed by atoms with Crippen molar-refractivity contribution in [1.82, 2.24) is 10.2 Å². The van der Waals surface area contributed by atoms with Gasteiger partial charge in [-0.2, -0.15) is 0 Å². The summed E-state index contributed by atoms with van der Waals surface area (Å²) in [5, 5.41) is 14.0. The Kier molecular flexibility index (Phi) is 5.60. The summed E-state index contributed by atoms with van der Waals surface area (Å²) in [4.78, 5) is 50.1. The molecule has 3 amide bonds. The molecule has 8 nitrogen and oxygen atoms in total. The van der Waals surface area contributed by atoms with Crippen molar-refractivity contribution < 1.29 is 33.1 Å². The zero-order chi connectivity index (χ0) is 23.0. The van der Waals surface area contributed by atoms with Gasteiger partial charge in [0.05, 0.1) is 23.7 Å². The second-order valence-corrected chi connectivity index (χ2v) is 7.67. The summed E-state index contributed by atoms with van der Waals surface area (Å²) in [6, 6.07) is 5.94. The van der Waals surface area contributed by atoms with Crippen LogP contribution in [0.3, 0.4) is 0 Å². The SMILES string of the molecule is O=C(O)CCC(=O)N[C@H]1CCN2C(=O)c3cc(-c4ccc(F)cc4F)ccc3NC(=O)[C@H]12. The molecular weight excluding hydrogens is 424 g/mol. The van der Waals surface area contributed by atoms with E-state index in [4.69, 9.17) is 5.11 Å². The molecule has 2 heterocycles. The number of nitrogens with zero attached hydrogens (tertiary/aromatic N) is 1. The van der Waals surface area contributed by atoms with Gasteiger partial charge < -0.3 is 20.6 Å². The standard InChI is InChI=1S/C22H19F2N3O5/c23-12-2-3-13(15(24)10-12)11-1-4-16-14(9-11)22(32)27-8-7-17(20(27)21(31)26-16)25-18(28)5-6-19(29)30/h1-4,9-10,17,20H,5-8H2,(H,25,28)(H,26,31)(H,29,30)/t17-,20-/m0/s1. The van der Waals surface area contributed by atoms with E-state index in [9.17, 15) is 28.0 Å². The normalized spacial score (nSPS) is 19.6. The molecule has 1 saturated heterocycles. The first-order valence-corrected chi connectivity index (χ1v) is 9.97. The maximum atomic E-state index is 14.2. The van der Waals surface area contributed by atoms with Gasteiger partial charge in [-0.3, -0.25) is 19.2 Å². The van der Waals surface area contributed by atoms with Crippen LogP contribution in [0.2, 0.25) is 0 Å². The van der Waals surface area contributed by atoms with Crippen LogP contribution >= 0.6 is 0 Å². The lowest BCUT2D eigenvalue weighted by atomic mass is 10.0. The Bertz CT molecular complexity index is 1140. The molecule has 4 rings (SSSR count). The highest BCUT2D eigenvalue weighted by Crippen LogP contribution is 2.33. The van der Waals surface area contributed by atoms with Crippen molar-refractivity contribution in [3.63, 3.8) is 0 Å². The number of halogens is 2. The van der Waals surface area contributed by atoms with Gasteiger partial charge in [0.2, 0.25) is 11.8 Å². The Hall–Kier alpha value is -3.82. The average Bonchev–Trinajstić information content (AvgIpc) is 3.11. The number of carboxylic acids is 1. The van der Waals surface area contributed by atoms with Crippen molar-refractivity contribution in [2.24, 2.45) is 0 Å². The van der Waals surface area contributed by atoms with E-state index in [0.717, 1.165) is 12.1 Å². The summed E-state index contributed by atoms with van der Waals surface area (Å²) in [5.41, 5.74) is 0.857. The lowest BCUT2D eigenvalue weighted by molar-refractivity contribution is -0.139. The number of carboxylic acid groups (broad SMARTS) is 1. The fourth-order valence-electron chi connectivity index (χ4n) is 4.08. The predicted octanol–water partition coefficient (Wildman–Crippen LogP) is 2.15. The highest BCUT2D eigenvalue weighted by atomic mass is 19.1. The number of nitrogens with one attached hydrogen (secondary N) is 2. The number of carbonyl (C=O) groups is 4. The van der Waals surface area contributed by atoms with Gasteiger partial charge in [0.15, 0.2) is 0 Å². The molecule has 0 bridgehead atoms. The molecule has 2 aromatic carbocycles. The van der Waals surface area contributed by atoms with Gasteiger partial charge >= 0.3 is 5.97 Å². The summed E-state index contributed by atoms with van der Waals surface area (Å²) in [5.74, 6) is -4.08. The molecular formula is C22H19F2N3O5. The minimum Gasteiger partial charge on any atom is -0.481 e. The summed E-state index contributed by atoms with van der Waals surface area (Å²) < 4.78 is 27.5. The molecule has 0 spiro atoms. The van der Waals surface area contributed by atoms with E-state index >= 15 is 0 Å². The third-order valence-electron chi connectivity index (χ3n) is 5.59. The number of carbonyl (C=O) groups excluding carboxylic acids is 3. The molecule has 0 aromatic heterocycles. The highest BCUT2D eigenvalue weighted by molar-refractivity contribution is 6.11. The Balaban J connectivity index is 1.60. The average molecular weight is 443 g/mol. The number of benzene rings is 2. The van der Waals surface area contributed by atoms with E-state index in [0.29, 0.717) is 12.0 Å². The van der Waals surface area contributed by atoms with Crippen LogP contribution in [0, 0.1) is 11.6 Å². The maximum Gasteiger partial charge on any atom is 0.303 e. The monoisotopic (exact) mass is 443 g/mol. The molecule has 1 fully saturated rings. The number of aliphatic carboxylic acids is 1. The van der Waals surface area contributed by atoms with Gasteiger partial charge in [-0.15, -0.1) is 0 Å². The Morgan fingerprint density at radius 2 is 1.88 bits per heavy atom. The third kappa shape index (κ3) is 4.03. The number of amides is 3. The number of hydrogen-bond donors (Lipinski definition) is 3. The zero-order valence-electron chi connectivity index (χ0n) is 16.7. The van der Waals surface area contributed by atoms with E-state index < -0.39 is 47.4 Å². The van der Waals surface area contributed by atoms with Crippen molar-refractivity contribution in [3.8, 4) is 11.1 Å². The summed E-state index contributed by atoms with van der Waals surface area (Å²) in [6.07, 6.45) is -0.253. The number of hydrogen-bond acceptors (Lipinski definition) is 4. The third-order valence-corrected chi connectivity index (χ3v) is 5.59. The van der Waals surface area contributed by atoms with Crippen molar-refractivity contribution in [1.29, 1.82) is 0 Å². The summed E-state index contributed by atoms with van der Waals surface area (Å²) in [6.45, 7) is 0.204. The molecule has 2 aromatic rings. The molecule has 0 aliphatic carbocycles. The number of fused-ring (bicyclic) bond motifs is 2.